The zero-order valence-corrected chi connectivity index (χ0v) is 30.7. The van der Waals surface area contributed by atoms with Crippen molar-refractivity contribution < 1.29 is 346 Å². The smallest absolute Gasteiger partial charge is 0 e. The molecule has 50 N–H and O–H groups in total. The van der Waals surface area contributed by atoms with Crippen LogP contribution in [0, 0.1) is 209 Å². The summed E-state index contributed by atoms with van der Waals surface area (Å²) in [5.41, 5.74) is 0. The van der Waals surface area contributed by atoms with Gasteiger partial charge in [0, 0.05) is 209 Å². The fourth-order valence-electron chi connectivity index (χ4n) is 0. The molecule has 0 heterocycles. The summed E-state index contributed by atoms with van der Waals surface area (Å²) in [4.78, 5) is 0. The summed E-state index contributed by atoms with van der Waals surface area (Å²) in [5, 5.41) is 0. The molecule has 0 saturated carbocycles. The Morgan fingerprint density at radius 1 is 0.0667 bits per heavy atom. The molecule has 0 aromatic rings. The Kier molecular flexibility index (Phi) is 48700. The summed E-state index contributed by atoms with van der Waals surface area (Å²) in [6, 6.07) is 0. The summed E-state index contributed by atoms with van der Waals surface area (Å²) < 4.78 is 0. The van der Waals surface area contributed by atoms with E-state index in [1.165, 1.54) is 0 Å². The third kappa shape index (κ3) is 1060. The normalized spacial score (nSPS) is 0. The van der Waals surface area contributed by atoms with Gasteiger partial charge in [-0.2, -0.15) is 0 Å². The monoisotopic (exact) mass is 1150 g/mol. The Labute approximate surface area is 338 Å². The van der Waals surface area contributed by atoms with Crippen LogP contribution in [0.2, 0.25) is 0 Å². The Morgan fingerprint density at radius 2 is 0.0667 bits per heavy atom. The molecule has 0 fully saturated rings. The zero-order valence-electron chi connectivity index (χ0n) is 15.0. The maximum Gasteiger partial charge on any atom is 0 e. The molecule has 0 rings (SSSR count). The van der Waals surface area contributed by atoms with E-state index < -0.39 is 0 Å². The van der Waals surface area contributed by atoms with Crippen molar-refractivity contribution >= 4 is 0 Å². The first-order chi connectivity index (χ1) is 0. The predicted molar refractivity (Wildman–Crippen MR) is 90.3 cm³/mol. The van der Waals surface area contributed by atoms with Gasteiger partial charge in [0.2, 0.25) is 0 Å². The SMILES string of the molecule is O.O.O.O.O.O.O.O.O.O.O.O.O.O.O.O.O.O.O.O.O.O.O.O.O.[Ce].[Ce].[Ce].[Ce].[Ce]. The molecule has 0 bridgehead atoms. The van der Waals surface area contributed by atoms with Gasteiger partial charge in [0.1, 0.15) is 0 Å². The van der Waals surface area contributed by atoms with Crippen LogP contribution in [0.4, 0.5) is 0 Å². The minimum atomic E-state index is 0. The molecule has 25 nitrogen and oxygen atoms in total. The summed E-state index contributed by atoms with van der Waals surface area (Å²) in [5.74, 6) is 0. The van der Waals surface area contributed by atoms with Gasteiger partial charge in [0.15, 0.2) is 0 Å². The van der Waals surface area contributed by atoms with Crippen LogP contribution in [0.1, 0.15) is 0 Å². The quantitative estimate of drug-likeness (QED) is 0.218. The molecule has 0 aromatic heterocycles. The molecular weight excluding hydrogens is 1100 g/mol. The second-order valence-corrected chi connectivity index (χ2v) is 0. The Bertz CT molecular complexity index is 19.5. The van der Waals surface area contributed by atoms with E-state index in [4.69, 9.17) is 0 Å². The van der Waals surface area contributed by atoms with Crippen molar-refractivity contribution in [2.24, 2.45) is 0 Å². The standard InChI is InChI=1S/5Ce.25H2O/h;;;;;25*1H2. The van der Waals surface area contributed by atoms with Crippen molar-refractivity contribution in [3.63, 3.8) is 0 Å². The first kappa shape index (κ1) is 1260. The first-order valence-corrected chi connectivity index (χ1v) is 0. The molecule has 0 amide bonds. The molecule has 0 aliphatic rings. The molecule has 0 aromatic carbocycles. The van der Waals surface area contributed by atoms with Gasteiger partial charge in [-0.25, -0.2) is 0 Å². The van der Waals surface area contributed by atoms with Crippen molar-refractivity contribution in [1.82, 2.24) is 0 Å². The largest absolute Gasteiger partial charge is 0.412 e. The predicted octanol–water partition coefficient (Wildman–Crippen LogP) is -20.6. The van der Waals surface area contributed by atoms with Gasteiger partial charge in [-0.15, -0.1) is 0 Å². The van der Waals surface area contributed by atoms with Crippen LogP contribution in [-0.2, 0) is 0 Å². The summed E-state index contributed by atoms with van der Waals surface area (Å²) in [7, 11) is 0. The second-order valence-electron chi connectivity index (χ2n) is 0. The number of rotatable bonds is 0. The minimum absolute atomic E-state index is 0. The van der Waals surface area contributed by atoms with Crippen LogP contribution in [0.3, 0.4) is 0 Å². The van der Waals surface area contributed by atoms with Gasteiger partial charge in [-0.05, 0) is 0 Å². The van der Waals surface area contributed by atoms with Gasteiger partial charge in [0.05, 0.1) is 0 Å². The minimum Gasteiger partial charge on any atom is -0.412 e. The van der Waals surface area contributed by atoms with Crippen LogP contribution in [0.25, 0.3) is 0 Å². The van der Waals surface area contributed by atoms with Crippen LogP contribution in [-0.4, -0.2) is 137 Å². The topological polar surface area (TPSA) is 788 Å². The third-order valence-corrected chi connectivity index (χ3v) is 0. The summed E-state index contributed by atoms with van der Waals surface area (Å²) in [6.45, 7) is 0. The fourth-order valence-corrected chi connectivity index (χ4v) is 0. The van der Waals surface area contributed by atoms with Crippen molar-refractivity contribution in [2.45, 2.75) is 0 Å². The van der Waals surface area contributed by atoms with Gasteiger partial charge in [-0.1, -0.05) is 0 Å². The molecule has 30 heavy (non-hydrogen) atoms. The molecule has 0 radical (unpaired) electrons. The van der Waals surface area contributed by atoms with Gasteiger partial charge < -0.3 is 137 Å². The molecule has 30 heteroatoms. The fraction of sp³-hybridized carbons (Fsp3) is 0. The number of hydrogen-bond acceptors (Lipinski definition) is 0. The van der Waals surface area contributed by atoms with Gasteiger partial charge in [-0.3, -0.25) is 0 Å². The first-order valence-electron chi connectivity index (χ1n) is 0. The van der Waals surface area contributed by atoms with E-state index in [-0.39, 0.29) is 346 Å². The van der Waals surface area contributed by atoms with E-state index in [1.54, 1.807) is 0 Å². The Morgan fingerprint density at radius 3 is 0.0667 bits per heavy atom. The molecule has 0 aliphatic heterocycles. The third-order valence-electron chi connectivity index (χ3n) is 0. The second kappa shape index (κ2) is 1160. The molecule has 0 aliphatic carbocycles. The zero-order chi connectivity index (χ0) is 0. The number of hydrogen-bond donors (Lipinski definition) is 0. The van der Waals surface area contributed by atoms with E-state index in [0.29, 0.717) is 0 Å². The van der Waals surface area contributed by atoms with E-state index in [2.05, 4.69) is 0 Å². The maximum absolute atomic E-state index is 0. The van der Waals surface area contributed by atoms with E-state index in [1.807, 2.05) is 0 Å². The van der Waals surface area contributed by atoms with Crippen molar-refractivity contribution in [3.05, 3.63) is 0 Å². The summed E-state index contributed by atoms with van der Waals surface area (Å²) >= 11 is 0. The van der Waals surface area contributed by atoms with Crippen LogP contribution >= 0.6 is 0 Å². The maximum atomic E-state index is 0. The van der Waals surface area contributed by atoms with Crippen molar-refractivity contribution in [1.29, 1.82) is 0 Å². The average Bonchev–Trinajstić information content (AvgIpc) is 0. The van der Waals surface area contributed by atoms with Crippen LogP contribution in [0.5, 0.6) is 0 Å². The molecule has 0 saturated heterocycles. The van der Waals surface area contributed by atoms with Gasteiger partial charge >= 0.3 is 0 Å². The molecular formula is H50Ce5O25. The molecule has 220 valence electrons. The average molecular weight is 1150 g/mol. The van der Waals surface area contributed by atoms with E-state index >= 15 is 0 Å². The molecule has 0 spiro atoms. The Hall–Kier alpha value is 5.88. The van der Waals surface area contributed by atoms with Crippen LogP contribution in [0.15, 0.2) is 0 Å². The van der Waals surface area contributed by atoms with Gasteiger partial charge in [0.25, 0.3) is 0 Å². The van der Waals surface area contributed by atoms with Crippen molar-refractivity contribution in [3.8, 4) is 0 Å². The van der Waals surface area contributed by atoms with E-state index in [9.17, 15) is 0 Å². The van der Waals surface area contributed by atoms with Crippen molar-refractivity contribution in [2.75, 3.05) is 0 Å². The van der Waals surface area contributed by atoms with Crippen LogP contribution < -0.4 is 0 Å². The Balaban J connectivity index is 0. The summed E-state index contributed by atoms with van der Waals surface area (Å²) in [6.07, 6.45) is 0. The molecule has 0 atom stereocenters. The van der Waals surface area contributed by atoms with E-state index in [0.717, 1.165) is 0 Å². The molecule has 0 unspecified atom stereocenters.